The molecule has 5 nitrogen and oxygen atoms in total. The fourth-order valence-electron chi connectivity index (χ4n) is 2.39. The largest absolute Gasteiger partial charge is 0.352 e. The molecule has 22 heavy (non-hydrogen) atoms. The molecule has 0 saturated carbocycles. The zero-order valence-corrected chi connectivity index (χ0v) is 14.2. The molecular weight excluding hydrogens is 324 g/mol. The van der Waals surface area contributed by atoms with Crippen LogP contribution in [-0.4, -0.2) is 38.3 Å². The molecule has 0 atom stereocenters. The van der Waals surface area contributed by atoms with Gasteiger partial charge in [-0.2, -0.15) is 4.31 Å². The van der Waals surface area contributed by atoms with Crippen LogP contribution in [0.25, 0.3) is 0 Å². The lowest BCUT2D eigenvalue weighted by atomic mass is 10.2. The minimum atomic E-state index is -3.63. The lowest BCUT2D eigenvalue weighted by Crippen LogP contribution is -2.29. The average Bonchev–Trinajstić information content (AvgIpc) is 3.02. The Kier molecular flexibility index (Phi) is 5.83. The smallest absolute Gasteiger partial charge is 0.251 e. The number of amides is 1. The van der Waals surface area contributed by atoms with Gasteiger partial charge in [0, 0.05) is 25.2 Å². The van der Waals surface area contributed by atoms with Crippen molar-refractivity contribution in [3.8, 4) is 0 Å². The first-order valence-corrected chi connectivity index (χ1v) is 9.36. The number of sulfonamides is 1. The van der Waals surface area contributed by atoms with Crippen LogP contribution in [-0.2, 0) is 10.0 Å². The van der Waals surface area contributed by atoms with Gasteiger partial charge in [0.1, 0.15) is 4.90 Å². The first kappa shape index (κ1) is 17.2. The van der Waals surface area contributed by atoms with E-state index in [0.29, 0.717) is 25.2 Å². The van der Waals surface area contributed by atoms with Crippen molar-refractivity contribution in [3.05, 3.63) is 28.8 Å². The van der Waals surface area contributed by atoms with Crippen molar-refractivity contribution in [2.75, 3.05) is 19.6 Å². The maximum Gasteiger partial charge on any atom is 0.251 e. The van der Waals surface area contributed by atoms with Gasteiger partial charge in [0.05, 0.1) is 5.02 Å². The van der Waals surface area contributed by atoms with E-state index in [9.17, 15) is 13.2 Å². The van der Waals surface area contributed by atoms with E-state index in [1.807, 2.05) is 6.92 Å². The summed E-state index contributed by atoms with van der Waals surface area (Å²) in [6.45, 7) is 3.62. The van der Waals surface area contributed by atoms with E-state index < -0.39 is 10.0 Å². The predicted molar refractivity (Wildman–Crippen MR) is 86.7 cm³/mol. The Morgan fingerprint density at radius 3 is 2.64 bits per heavy atom. The average molecular weight is 345 g/mol. The Labute approximate surface area is 136 Å². The van der Waals surface area contributed by atoms with E-state index in [1.165, 1.54) is 16.4 Å². The van der Waals surface area contributed by atoms with Crippen LogP contribution >= 0.6 is 11.6 Å². The second-order valence-electron chi connectivity index (χ2n) is 5.37. The summed E-state index contributed by atoms with van der Waals surface area (Å²) in [4.78, 5) is 12.1. The molecule has 1 aromatic carbocycles. The Bertz CT molecular complexity index is 640. The van der Waals surface area contributed by atoms with Crippen LogP contribution in [0.1, 0.15) is 43.0 Å². The molecule has 0 radical (unpaired) electrons. The molecule has 1 aliphatic heterocycles. The molecule has 0 spiro atoms. The summed E-state index contributed by atoms with van der Waals surface area (Å²) in [6, 6.07) is 4.39. The third-order valence-electron chi connectivity index (χ3n) is 3.69. The maximum atomic E-state index is 12.6. The van der Waals surface area contributed by atoms with E-state index in [2.05, 4.69) is 5.32 Å². The zero-order chi connectivity index (χ0) is 16.2. The topological polar surface area (TPSA) is 66.5 Å². The van der Waals surface area contributed by atoms with Gasteiger partial charge in [-0.3, -0.25) is 4.79 Å². The normalized spacial score (nSPS) is 15.9. The summed E-state index contributed by atoms with van der Waals surface area (Å²) in [5, 5.41) is 2.93. The van der Waals surface area contributed by atoms with E-state index >= 15 is 0 Å². The van der Waals surface area contributed by atoms with Gasteiger partial charge < -0.3 is 5.32 Å². The van der Waals surface area contributed by atoms with Gasteiger partial charge in [-0.1, -0.05) is 24.9 Å². The first-order valence-electron chi connectivity index (χ1n) is 7.54. The maximum absolute atomic E-state index is 12.6. The number of rotatable bonds is 6. The second kappa shape index (κ2) is 7.44. The number of unbranched alkanes of at least 4 members (excludes halogenated alkanes) is 1. The highest BCUT2D eigenvalue weighted by atomic mass is 35.5. The molecule has 1 fully saturated rings. The third kappa shape index (κ3) is 3.80. The molecule has 1 saturated heterocycles. The quantitative estimate of drug-likeness (QED) is 0.807. The molecule has 1 aromatic rings. The minimum absolute atomic E-state index is 0.0132. The van der Waals surface area contributed by atoms with Crippen LogP contribution in [0.2, 0.25) is 5.02 Å². The van der Waals surface area contributed by atoms with Crippen molar-refractivity contribution in [2.45, 2.75) is 37.5 Å². The Morgan fingerprint density at radius 2 is 2.00 bits per heavy atom. The number of benzene rings is 1. The molecule has 1 aliphatic rings. The number of nitrogens with zero attached hydrogens (tertiary/aromatic N) is 1. The van der Waals surface area contributed by atoms with E-state index in [4.69, 9.17) is 11.6 Å². The van der Waals surface area contributed by atoms with Crippen LogP contribution in [0.4, 0.5) is 0 Å². The van der Waals surface area contributed by atoms with Gasteiger partial charge in [-0.25, -0.2) is 8.42 Å². The van der Waals surface area contributed by atoms with Crippen molar-refractivity contribution in [3.63, 3.8) is 0 Å². The zero-order valence-electron chi connectivity index (χ0n) is 12.6. The first-order chi connectivity index (χ1) is 10.5. The summed E-state index contributed by atoms with van der Waals surface area (Å²) in [6.07, 6.45) is 3.58. The molecule has 2 rings (SSSR count). The highest BCUT2D eigenvalue weighted by Crippen LogP contribution is 2.28. The molecule has 7 heteroatoms. The van der Waals surface area contributed by atoms with Gasteiger partial charge in [-0.05, 0) is 37.5 Å². The fraction of sp³-hybridized carbons (Fsp3) is 0.533. The van der Waals surface area contributed by atoms with E-state index in [0.717, 1.165) is 25.7 Å². The summed E-state index contributed by atoms with van der Waals surface area (Å²) in [5.41, 5.74) is 0.318. The number of nitrogens with one attached hydrogen (secondary N) is 1. The molecule has 0 aromatic heterocycles. The van der Waals surface area contributed by atoms with Crippen molar-refractivity contribution in [2.24, 2.45) is 0 Å². The van der Waals surface area contributed by atoms with Crippen molar-refractivity contribution in [1.82, 2.24) is 9.62 Å². The van der Waals surface area contributed by atoms with Crippen LogP contribution < -0.4 is 5.32 Å². The Morgan fingerprint density at radius 1 is 1.32 bits per heavy atom. The molecule has 0 aliphatic carbocycles. The third-order valence-corrected chi connectivity index (χ3v) is 6.07. The lowest BCUT2D eigenvalue weighted by Gasteiger charge is -2.17. The highest BCUT2D eigenvalue weighted by molar-refractivity contribution is 7.89. The van der Waals surface area contributed by atoms with Crippen molar-refractivity contribution >= 4 is 27.5 Å². The molecule has 1 amide bonds. The van der Waals surface area contributed by atoms with Crippen LogP contribution in [0.5, 0.6) is 0 Å². The molecule has 0 bridgehead atoms. The van der Waals surface area contributed by atoms with Gasteiger partial charge in [0.2, 0.25) is 10.0 Å². The van der Waals surface area contributed by atoms with Crippen molar-refractivity contribution in [1.29, 1.82) is 0 Å². The molecule has 1 heterocycles. The summed E-state index contributed by atoms with van der Waals surface area (Å²) < 4.78 is 26.6. The number of carbonyl (C=O) groups excluding carboxylic acids is 1. The Hall–Kier alpha value is -1.11. The molecular formula is C15H21ClN2O3S. The fourth-order valence-corrected chi connectivity index (χ4v) is 4.41. The Balaban J connectivity index is 2.25. The predicted octanol–water partition coefficient (Wildman–Crippen LogP) is 2.65. The van der Waals surface area contributed by atoms with E-state index in [1.54, 1.807) is 6.07 Å². The summed E-state index contributed by atoms with van der Waals surface area (Å²) in [5.74, 6) is -0.275. The van der Waals surface area contributed by atoms with Crippen LogP contribution in [0.3, 0.4) is 0 Å². The number of halogens is 1. The van der Waals surface area contributed by atoms with E-state index in [-0.39, 0.29) is 15.8 Å². The SMILES string of the molecule is CCCCNC(=O)c1ccc(Cl)c(S(=O)(=O)N2CCCC2)c1. The standard InChI is InChI=1S/C15H21ClN2O3S/c1-2-3-8-17-15(19)12-6-7-13(16)14(11-12)22(20,21)18-9-4-5-10-18/h6-7,11H,2-5,8-10H2,1H3,(H,17,19). The second-order valence-corrected chi connectivity index (χ2v) is 7.68. The molecule has 122 valence electrons. The van der Waals surface area contributed by atoms with Gasteiger partial charge in [0.25, 0.3) is 5.91 Å². The monoisotopic (exact) mass is 344 g/mol. The number of carbonyl (C=O) groups is 1. The van der Waals surface area contributed by atoms with Crippen LogP contribution in [0, 0.1) is 0 Å². The highest BCUT2D eigenvalue weighted by Gasteiger charge is 2.29. The van der Waals surface area contributed by atoms with Gasteiger partial charge in [-0.15, -0.1) is 0 Å². The van der Waals surface area contributed by atoms with Gasteiger partial charge in [0.15, 0.2) is 0 Å². The summed E-state index contributed by atoms with van der Waals surface area (Å²) >= 11 is 6.05. The van der Waals surface area contributed by atoms with Gasteiger partial charge >= 0.3 is 0 Å². The number of hydrogen-bond acceptors (Lipinski definition) is 3. The molecule has 1 N–H and O–H groups in total. The number of hydrogen-bond donors (Lipinski definition) is 1. The van der Waals surface area contributed by atoms with Crippen LogP contribution in [0.15, 0.2) is 23.1 Å². The lowest BCUT2D eigenvalue weighted by molar-refractivity contribution is 0.0953. The molecule has 0 unspecified atom stereocenters. The summed E-state index contributed by atoms with van der Waals surface area (Å²) in [7, 11) is -3.63. The van der Waals surface area contributed by atoms with Crippen molar-refractivity contribution < 1.29 is 13.2 Å². The minimum Gasteiger partial charge on any atom is -0.352 e.